The zero-order valence-corrected chi connectivity index (χ0v) is 7.53. The molecule has 0 unspecified atom stereocenters. The fraction of sp³-hybridized carbons (Fsp3) is 0.222. The summed E-state index contributed by atoms with van der Waals surface area (Å²) in [7, 11) is 0. The Kier molecular flexibility index (Phi) is 2.14. The van der Waals surface area contributed by atoms with E-state index in [1.807, 2.05) is 24.3 Å². The second kappa shape index (κ2) is 3.45. The van der Waals surface area contributed by atoms with Crippen LogP contribution in [0.25, 0.3) is 0 Å². The predicted molar refractivity (Wildman–Crippen MR) is 53.4 cm³/mol. The number of nitrogens with one attached hydrogen (secondary N) is 2. The van der Waals surface area contributed by atoms with Gasteiger partial charge in [0.1, 0.15) is 0 Å². The molecule has 5 heteroatoms. The topological polar surface area (TPSA) is 64.6 Å². The summed E-state index contributed by atoms with van der Waals surface area (Å²) < 4.78 is 0. The van der Waals surface area contributed by atoms with E-state index in [4.69, 9.17) is 5.11 Å². The lowest BCUT2D eigenvalue weighted by Gasteiger charge is -2.30. The molecule has 0 saturated carbocycles. The minimum atomic E-state index is -1.04. The Hall–Kier alpha value is -1.91. The van der Waals surface area contributed by atoms with Gasteiger partial charge < -0.3 is 10.4 Å². The third-order valence-corrected chi connectivity index (χ3v) is 2.08. The molecule has 0 saturated heterocycles. The molecule has 14 heavy (non-hydrogen) atoms. The van der Waals surface area contributed by atoms with Gasteiger partial charge in [0, 0.05) is 6.54 Å². The molecular weight excluding hydrogens is 182 g/mol. The Labute approximate surface area is 81.3 Å². The van der Waals surface area contributed by atoms with Crippen molar-refractivity contribution in [3.8, 4) is 0 Å². The number of benzene rings is 1. The van der Waals surface area contributed by atoms with E-state index in [1.54, 1.807) is 5.01 Å². The molecule has 0 radical (unpaired) electrons. The van der Waals surface area contributed by atoms with E-state index in [0.717, 1.165) is 17.9 Å². The van der Waals surface area contributed by atoms with Crippen LogP contribution in [0.3, 0.4) is 0 Å². The number of nitrogens with zero attached hydrogens (tertiary/aromatic N) is 1. The highest BCUT2D eigenvalue weighted by Gasteiger charge is 2.16. The molecule has 1 aliphatic rings. The van der Waals surface area contributed by atoms with Gasteiger partial charge in [-0.15, -0.1) is 0 Å². The summed E-state index contributed by atoms with van der Waals surface area (Å²) in [6.07, 6.45) is -1.04. The predicted octanol–water partition coefficient (Wildman–Crippen LogP) is 1.10. The van der Waals surface area contributed by atoms with Gasteiger partial charge in [0.15, 0.2) is 0 Å². The summed E-state index contributed by atoms with van der Waals surface area (Å²) >= 11 is 0. The summed E-state index contributed by atoms with van der Waals surface area (Å²) in [5.41, 5.74) is 4.16. The molecule has 0 aromatic heterocycles. The van der Waals surface area contributed by atoms with Crippen molar-refractivity contribution in [2.24, 2.45) is 0 Å². The molecular formula is C9H11N3O2. The monoisotopic (exact) mass is 193 g/mol. The zero-order valence-electron chi connectivity index (χ0n) is 7.53. The van der Waals surface area contributed by atoms with Crippen LogP contribution in [0.15, 0.2) is 24.3 Å². The lowest BCUT2D eigenvalue weighted by Crippen LogP contribution is -2.46. The summed E-state index contributed by atoms with van der Waals surface area (Å²) in [4.78, 5) is 10.5. The van der Waals surface area contributed by atoms with E-state index < -0.39 is 6.09 Å². The maximum absolute atomic E-state index is 10.5. The van der Waals surface area contributed by atoms with Crippen LogP contribution in [0.5, 0.6) is 0 Å². The minimum absolute atomic E-state index is 0.628. The average molecular weight is 193 g/mol. The first kappa shape index (κ1) is 8.68. The lowest BCUT2D eigenvalue weighted by molar-refractivity contribution is 0.193. The number of fused-ring (bicyclic) bond motifs is 1. The van der Waals surface area contributed by atoms with Crippen molar-refractivity contribution >= 4 is 17.5 Å². The molecule has 1 heterocycles. The van der Waals surface area contributed by atoms with Gasteiger partial charge in [-0.3, -0.25) is 5.01 Å². The molecule has 74 valence electrons. The largest absolute Gasteiger partial charge is 0.464 e. The Bertz CT molecular complexity index is 354. The normalized spacial score (nSPS) is 14.1. The Morgan fingerprint density at radius 2 is 2.29 bits per heavy atom. The average Bonchev–Trinajstić information content (AvgIpc) is 2.18. The van der Waals surface area contributed by atoms with E-state index in [0.29, 0.717) is 6.54 Å². The van der Waals surface area contributed by atoms with Crippen LogP contribution in [0, 0.1) is 0 Å². The first-order chi connectivity index (χ1) is 6.77. The van der Waals surface area contributed by atoms with Gasteiger partial charge in [-0.25, -0.2) is 10.2 Å². The summed E-state index contributed by atoms with van der Waals surface area (Å²) in [6, 6.07) is 7.58. The van der Waals surface area contributed by atoms with Crippen LogP contribution >= 0.6 is 0 Å². The Balaban J connectivity index is 2.26. The van der Waals surface area contributed by atoms with Gasteiger partial charge >= 0.3 is 6.09 Å². The number of para-hydroxylation sites is 2. The molecule has 0 aliphatic carbocycles. The maximum atomic E-state index is 10.5. The highest BCUT2D eigenvalue weighted by molar-refractivity contribution is 5.75. The number of hydrogen-bond acceptors (Lipinski definition) is 3. The number of amides is 1. The fourth-order valence-electron chi connectivity index (χ4n) is 1.51. The van der Waals surface area contributed by atoms with E-state index in [9.17, 15) is 4.79 Å². The van der Waals surface area contributed by atoms with Crippen LogP contribution in [0.2, 0.25) is 0 Å². The van der Waals surface area contributed by atoms with E-state index in [2.05, 4.69) is 10.7 Å². The summed E-state index contributed by atoms with van der Waals surface area (Å²) in [5, 5.41) is 13.4. The number of rotatable bonds is 1. The van der Waals surface area contributed by atoms with Gasteiger partial charge in [-0.05, 0) is 12.1 Å². The summed E-state index contributed by atoms with van der Waals surface area (Å²) in [5.74, 6) is 0. The smallest absolute Gasteiger partial charge is 0.423 e. The molecule has 2 rings (SSSR count). The second-order valence-corrected chi connectivity index (χ2v) is 3.01. The summed E-state index contributed by atoms with van der Waals surface area (Å²) in [6.45, 7) is 1.36. The highest BCUT2D eigenvalue weighted by atomic mass is 16.4. The molecule has 0 atom stereocenters. The lowest BCUT2D eigenvalue weighted by atomic mass is 10.2. The number of carboxylic acid groups (broad SMARTS) is 1. The Morgan fingerprint density at radius 1 is 1.50 bits per heavy atom. The van der Waals surface area contributed by atoms with Gasteiger partial charge in [0.2, 0.25) is 0 Å². The van der Waals surface area contributed by atoms with Crippen LogP contribution in [-0.4, -0.2) is 24.3 Å². The highest BCUT2D eigenvalue weighted by Crippen LogP contribution is 2.26. The molecule has 5 nitrogen and oxygen atoms in total. The van der Waals surface area contributed by atoms with Crippen LogP contribution in [0.1, 0.15) is 0 Å². The number of hydrazine groups is 1. The van der Waals surface area contributed by atoms with Crippen molar-refractivity contribution in [3.63, 3.8) is 0 Å². The van der Waals surface area contributed by atoms with Crippen molar-refractivity contribution in [1.82, 2.24) is 5.43 Å². The SMILES string of the molecule is O=C(O)NN1CCNc2ccccc21. The number of hydrogen-bond donors (Lipinski definition) is 3. The third-order valence-electron chi connectivity index (χ3n) is 2.08. The van der Waals surface area contributed by atoms with Crippen molar-refractivity contribution < 1.29 is 9.90 Å². The van der Waals surface area contributed by atoms with E-state index in [1.165, 1.54) is 0 Å². The van der Waals surface area contributed by atoms with Crippen molar-refractivity contribution in [1.29, 1.82) is 0 Å². The fourth-order valence-corrected chi connectivity index (χ4v) is 1.51. The maximum Gasteiger partial charge on any atom is 0.423 e. The molecule has 1 aromatic rings. The molecule has 0 fully saturated rings. The van der Waals surface area contributed by atoms with Crippen molar-refractivity contribution in [3.05, 3.63) is 24.3 Å². The van der Waals surface area contributed by atoms with Crippen LogP contribution < -0.4 is 15.8 Å². The molecule has 1 aromatic carbocycles. The van der Waals surface area contributed by atoms with Crippen molar-refractivity contribution in [2.75, 3.05) is 23.4 Å². The van der Waals surface area contributed by atoms with Crippen LogP contribution in [-0.2, 0) is 0 Å². The van der Waals surface area contributed by atoms with Crippen LogP contribution in [0.4, 0.5) is 16.2 Å². The zero-order chi connectivity index (χ0) is 9.97. The van der Waals surface area contributed by atoms with E-state index in [-0.39, 0.29) is 0 Å². The molecule has 1 aliphatic heterocycles. The number of carbonyl (C=O) groups is 1. The molecule has 0 bridgehead atoms. The molecule has 0 spiro atoms. The third kappa shape index (κ3) is 1.56. The standard InChI is InChI=1S/C9H11N3O2/c13-9(14)11-12-6-5-10-7-3-1-2-4-8(7)12/h1-4,10-11H,5-6H2,(H,13,14). The van der Waals surface area contributed by atoms with E-state index >= 15 is 0 Å². The Morgan fingerprint density at radius 3 is 3.07 bits per heavy atom. The van der Waals surface area contributed by atoms with Gasteiger partial charge in [0.05, 0.1) is 17.9 Å². The quantitative estimate of drug-likeness (QED) is 0.625. The van der Waals surface area contributed by atoms with Gasteiger partial charge in [0.25, 0.3) is 0 Å². The molecule has 3 N–H and O–H groups in total. The van der Waals surface area contributed by atoms with Gasteiger partial charge in [-0.2, -0.15) is 0 Å². The minimum Gasteiger partial charge on any atom is -0.464 e. The van der Waals surface area contributed by atoms with Crippen molar-refractivity contribution in [2.45, 2.75) is 0 Å². The first-order valence-electron chi connectivity index (χ1n) is 4.37. The molecule has 1 amide bonds. The number of anilines is 2. The second-order valence-electron chi connectivity index (χ2n) is 3.01. The van der Waals surface area contributed by atoms with Gasteiger partial charge in [-0.1, -0.05) is 12.1 Å². The first-order valence-corrected chi connectivity index (χ1v) is 4.37.